The number of rotatable bonds is 8. The van der Waals surface area contributed by atoms with Crippen molar-refractivity contribution in [3.8, 4) is 11.5 Å². The zero-order valence-corrected chi connectivity index (χ0v) is 15.2. The summed E-state index contributed by atoms with van der Waals surface area (Å²) in [5.41, 5.74) is 3.31. The molecule has 5 nitrogen and oxygen atoms in total. The average Bonchev–Trinajstić information content (AvgIpc) is 2.60. The van der Waals surface area contributed by atoms with Crippen LogP contribution in [0.5, 0.6) is 11.5 Å². The van der Waals surface area contributed by atoms with Crippen LogP contribution in [0.1, 0.15) is 18.4 Å². The summed E-state index contributed by atoms with van der Waals surface area (Å²) in [4.78, 5) is 11.7. The summed E-state index contributed by atoms with van der Waals surface area (Å²) < 4.78 is 10.6. The highest BCUT2D eigenvalue weighted by atomic mass is 35.5. The molecule has 0 saturated heterocycles. The first kappa shape index (κ1) is 19.1. The molecule has 0 aliphatic carbocycles. The molecule has 0 aliphatic heterocycles. The third kappa shape index (κ3) is 6.64. The predicted molar refractivity (Wildman–Crippen MR) is 99.9 cm³/mol. The lowest BCUT2D eigenvalue weighted by Crippen LogP contribution is -2.18. The smallest absolute Gasteiger partial charge is 0.240 e. The van der Waals surface area contributed by atoms with Crippen LogP contribution in [0.3, 0.4) is 0 Å². The fourth-order valence-electron chi connectivity index (χ4n) is 1.96. The van der Waals surface area contributed by atoms with Crippen LogP contribution in [0, 0.1) is 0 Å². The molecule has 2 aromatic carbocycles. The van der Waals surface area contributed by atoms with E-state index in [1.807, 2.05) is 24.3 Å². The first-order valence-corrected chi connectivity index (χ1v) is 8.38. The fraction of sp³-hybridized carbons (Fsp3) is 0.222. The standard InChI is InChI=1S/C18H18Cl2N2O3/c1-24-15-5-2-4-13(10-15)12-21-22-18(23)6-3-9-25-17-8-7-14(19)11-16(17)20/h2,4-5,7-8,10-12H,3,6,9H2,1H3,(H,22,23)/b21-12-. The number of hydrogen-bond donors (Lipinski definition) is 1. The Balaban J connectivity index is 1.69. The number of nitrogens with one attached hydrogen (secondary N) is 1. The number of methoxy groups -OCH3 is 1. The number of amides is 1. The van der Waals surface area contributed by atoms with Crippen LogP contribution >= 0.6 is 23.2 Å². The van der Waals surface area contributed by atoms with E-state index < -0.39 is 0 Å². The summed E-state index contributed by atoms with van der Waals surface area (Å²) in [5, 5.41) is 4.91. The molecule has 2 rings (SSSR count). The minimum Gasteiger partial charge on any atom is -0.497 e. The number of ether oxygens (including phenoxy) is 2. The highest BCUT2D eigenvalue weighted by Crippen LogP contribution is 2.27. The Morgan fingerprint density at radius 3 is 2.84 bits per heavy atom. The van der Waals surface area contributed by atoms with Crippen molar-refractivity contribution < 1.29 is 14.3 Å². The van der Waals surface area contributed by atoms with E-state index in [-0.39, 0.29) is 5.91 Å². The molecule has 0 radical (unpaired) electrons. The molecule has 7 heteroatoms. The maximum absolute atomic E-state index is 11.7. The van der Waals surface area contributed by atoms with Gasteiger partial charge in [0.15, 0.2) is 0 Å². The maximum Gasteiger partial charge on any atom is 0.240 e. The van der Waals surface area contributed by atoms with Gasteiger partial charge in [-0.05, 0) is 42.3 Å². The van der Waals surface area contributed by atoms with Gasteiger partial charge in [-0.15, -0.1) is 0 Å². The second kappa shape index (κ2) is 9.91. The van der Waals surface area contributed by atoms with Crippen LogP contribution in [0.15, 0.2) is 47.6 Å². The summed E-state index contributed by atoms with van der Waals surface area (Å²) in [7, 11) is 1.59. The molecule has 0 bridgehead atoms. The van der Waals surface area contributed by atoms with Crippen molar-refractivity contribution in [2.75, 3.05) is 13.7 Å². The summed E-state index contributed by atoms with van der Waals surface area (Å²) in [6.07, 6.45) is 2.39. The Morgan fingerprint density at radius 2 is 2.08 bits per heavy atom. The highest BCUT2D eigenvalue weighted by molar-refractivity contribution is 6.35. The van der Waals surface area contributed by atoms with Crippen LogP contribution in [0.4, 0.5) is 0 Å². The lowest BCUT2D eigenvalue weighted by Gasteiger charge is -2.07. The molecular formula is C18H18Cl2N2O3. The van der Waals surface area contributed by atoms with Gasteiger partial charge >= 0.3 is 0 Å². The molecule has 0 fully saturated rings. The quantitative estimate of drug-likeness (QED) is 0.421. The van der Waals surface area contributed by atoms with Crippen molar-refractivity contribution in [3.05, 3.63) is 58.1 Å². The second-order valence-electron chi connectivity index (χ2n) is 5.10. The van der Waals surface area contributed by atoms with Gasteiger partial charge in [-0.25, -0.2) is 5.43 Å². The minimum absolute atomic E-state index is 0.190. The number of hydrazone groups is 1. The van der Waals surface area contributed by atoms with Gasteiger partial charge in [0.2, 0.25) is 5.91 Å². The van der Waals surface area contributed by atoms with Crippen molar-refractivity contribution in [3.63, 3.8) is 0 Å². The Bertz CT molecular complexity index is 751. The van der Waals surface area contributed by atoms with E-state index in [0.29, 0.717) is 35.2 Å². The van der Waals surface area contributed by atoms with Crippen LogP contribution in [-0.4, -0.2) is 25.8 Å². The van der Waals surface area contributed by atoms with Gasteiger partial charge in [-0.3, -0.25) is 4.79 Å². The van der Waals surface area contributed by atoms with Crippen LogP contribution < -0.4 is 14.9 Å². The van der Waals surface area contributed by atoms with E-state index in [0.717, 1.165) is 11.3 Å². The van der Waals surface area contributed by atoms with Gasteiger partial charge in [0.25, 0.3) is 0 Å². The van der Waals surface area contributed by atoms with Crippen molar-refractivity contribution in [2.45, 2.75) is 12.8 Å². The lowest BCUT2D eigenvalue weighted by atomic mass is 10.2. The van der Waals surface area contributed by atoms with Crippen molar-refractivity contribution in [2.24, 2.45) is 5.10 Å². The number of carbonyl (C=O) groups excluding carboxylic acids is 1. The largest absolute Gasteiger partial charge is 0.497 e. The summed E-state index contributed by atoms with van der Waals surface area (Å²) in [6, 6.07) is 12.4. The van der Waals surface area contributed by atoms with E-state index >= 15 is 0 Å². The van der Waals surface area contributed by atoms with Crippen molar-refractivity contribution >= 4 is 35.3 Å². The number of hydrogen-bond acceptors (Lipinski definition) is 4. The topological polar surface area (TPSA) is 59.9 Å². The van der Waals surface area contributed by atoms with Crippen LogP contribution in [0.25, 0.3) is 0 Å². The first-order chi connectivity index (χ1) is 12.1. The van der Waals surface area contributed by atoms with E-state index in [9.17, 15) is 4.79 Å². The summed E-state index contributed by atoms with van der Waals surface area (Å²) >= 11 is 11.8. The molecule has 0 aromatic heterocycles. The van der Waals surface area contributed by atoms with Crippen molar-refractivity contribution in [1.82, 2.24) is 5.43 Å². The molecule has 0 atom stereocenters. The molecule has 1 amide bonds. The molecule has 0 aliphatic rings. The monoisotopic (exact) mass is 380 g/mol. The van der Waals surface area contributed by atoms with Gasteiger partial charge < -0.3 is 9.47 Å². The minimum atomic E-state index is -0.190. The van der Waals surface area contributed by atoms with Crippen molar-refractivity contribution in [1.29, 1.82) is 0 Å². The van der Waals surface area contributed by atoms with E-state index in [1.54, 1.807) is 31.5 Å². The second-order valence-corrected chi connectivity index (χ2v) is 5.94. The Hall–Kier alpha value is -2.24. The molecule has 1 N–H and O–H groups in total. The van der Waals surface area contributed by atoms with E-state index in [2.05, 4.69) is 10.5 Å². The molecule has 0 unspecified atom stereocenters. The van der Waals surface area contributed by atoms with Gasteiger partial charge in [-0.2, -0.15) is 5.10 Å². The molecule has 0 spiro atoms. The summed E-state index contributed by atoms with van der Waals surface area (Å²) in [5.74, 6) is 1.08. The third-order valence-electron chi connectivity index (χ3n) is 3.20. The number of benzene rings is 2. The Kier molecular flexibility index (Phi) is 7.57. The van der Waals surface area contributed by atoms with Gasteiger partial charge in [0.05, 0.1) is 25.0 Å². The van der Waals surface area contributed by atoms with Gasteiger partial charge in [0, 0.05) is 11.4 Å². The molecular weight excluding hydrogens is 363 g/mol. The molecule has 0 saturated carbocycles. The SMILES string of the molecule is COc1cccc(/C=N\NC(=O)CCCOc2ccc(Cl)cc2Cl)c1. The average molecular weight is 381 g/mol. The third-order valence-corrected chi connectivity index (χ3v) is 3.73. The zero-order valence-electron chi connectivity index (χ0n) is 13.7. The molecule has 0 heterocycles. The predicted octanol–water partition coefficient (Wildman–Crippen LogP) is 4.31. The Morgan fingerprint density at radius 1 is 1.24 bits per heavy atom. The Labute approximate surface area is 156 Å². The lowest BCUT2D eigenvalue weighted by molar-refractivity contribution is -0.121. The zero-order chi connectivity index (χ0) is 18.1. The number of nitrogens with zero attached hydrogens (tertiary/aromatic N) is 1. The van der Waals surface area contributed by atoms with Crippen LogP contribution in [0.2, 0.25) is 10.0 Å². The molecule has 2 aromatic rings. The number of carbonyl (C=O) groups is 1. The molecule has 25 heavy (non-hydrogen) atoms. The highest BCUT2D eigenvalue weighted by Gasteiger charge is 2.04. The first-order valence-electron chi connectivity index (χ1n) is 7.62. The van der Waals surface area contributed by atoms with E-state index in [1.165, 1.54) is 0 Å². The summed E-state index contributed by atoms with van der Waals surface area (Å²) in [6.45, 7) is 0.369. The number of halogens is 2. The van der Waals surface area contributed by atoms with Crippen LogP contribution in [-0.2, 0) is 4.79 Å². The van der Waals surface area contributed by atoms with E-state index in [4.69, 9.17) is 32.7 Å². The van der Waals surface area contributed by atoms with Gasteiger partial charge in [0.1, 0.15) is 11.5 Å². The normalized spacial score (nSPS) is 10.7. The van der Waals surface area contributed by atoms with Gasteiger partial charge in [-0.1, -0.05) is 35.3 Å². The molecule has 132 valence electrons. The fourth-order valence-corrected chi connectivity index (χ4v) is 2.43. The maximum atomic E-state index is 11.7.